The maximum Gasteiger partial charge on any atom is 0.141 e. The summed E-state index contributed by atoms with van der Waals surface area (Å²) in [5.74, 6) is 0.287. The van der Waals surface area contributed by atoms with E-state index in [-0.39, 0.29) is 5.82 Å². The molecule has 2 aromatic carbocycles. The third-order valence-corrected chi connectivity index (χ3v) is 3.09. The Hall–Kier alpha value is -2.54. The molecule has 0 radical (unpaired) electrons. The second-order valence-electron chi connectivity index (χ2n) is 4.41. The fourth-order valence-electron chi connectivity index (χ4n) is 2.02. The molecule has 4 heteroatoms. The topological polar surface area (TPSA) is 45.0 Å². The van der Waals surface area contributed by atoms with Crippen LogP contribution in [0.5, 0.6) is 5.75 Å². The molecule has 2 aromatic rings. The molecule has 0 bridgehead atoms. The number of anilines is 1. The zero-order valence-electron chi connectivity index (χ0n) is 11.4. The zero-order valence-corrected chi connectivity index (χ0v) is 11.4. The Labute approximate surface area is 117 Å². The molecule has 3 nitrogen and oxygen atoms in total. The van der Waals surface area contributed by atoms with Crippen molar-refractivity contribution in [2.24, 2.45) is 0 Å². The second-order valence-corrected chi connectivity index (χ2v) is 4.41. The molecule has 0 aliphatic rings. The van der Waals surface area contributed by atoms with Crippen molar-refractivity contribution >= 4 is 5.69 Å². The van der Waals surface area contributed by atoms with E-state index in [4.69, 9.17) is 4.74 Å². The van der Waals surface area contributed by atoms with Crippen LogP contribution in [0.2, 0.25) is 0 Å². The molecular weight excluding hydrogens is 255 g/mol. The van der Waals surface area contributed by atoms with E-state index >= 15 is 0 Å². The molecule has 1 atom stereocenters. The van der Waals surface area contributed by atoms with Gasteiger partial charge in [-0.05, 0) is 42.3 Å². The lowest BCUT2D eigenvalue weighted by molar-refractivity contribution is 0.416. The van der Waals surface area contributed by atoms with Gasteiger partial charge < -0.3 is 10.1 Å². The van der Waals surface area contributed by atoms with E-state index in [1.165, 1.54) is 12.1 Å². The average molecular weight is 270 g/mol. The van der Waals surface area contributed by atoms with Crippen molar-refractivity contribution in [1.82, 2.24) is 0 Å². The van der Waals surface area contributed by atoms with Gasteiger partial charge in [-0.2, -0.15) is 5.26 Å². The van der Waals surface area contributed by atoms with Crippen LogP contribution in [-0.4, -0.2) is 7.11 Å². The first-order chi connectivity index (χ1) is 9.65. The predicted molar refractivity (Wildman–Crippen MR) is 76.1 cm³/mol. The molecule has 0 aromatic heterocycles. The minimum atomic E-state index is -0.637. The summed E-state index contributed by atoms with van der Waals surface area (Å²) >= 11 is 0. The second kappa shape index (κ2) is 6.07. The van der Waals surface area contributed by atoms with Crippen LogP contribution < -0.4 is 10.1 Å². The third-order valence-electron chi connectivity index (χ3n) is 3.09. The van der Waals surface area contributed by atoms with Crippen LogP contribution >= 0.6 is 0 Å². The van der Waals surface area contributed by atoms with E-state index in [0.29, 0.717) is 17.0 Å². The quantitative estimate of drug-likeness (QED) is 0.918. The molecule has 0 spiro atoms. The number of methoxy groups -OCH3 is 1. The number of rotatable bonds is 4. The number of aryl methyl sites for hydroxylation is 1. The van der Waals surface area contributed by atoms with Gasteiger partial charge in [-0.1, -0.05) is 18.2 Å². The first-order valence-electron chi connectivity index (χ1n) is 6.21. The molecular formula is C16H15FN2O. The summed E-state index contributed by atoms with van der Waals surface area (Å²) in [6.45, 7) is 1.85. The Morgan fingerprint density at radius 3 is 2.70 bits per heavy atom. The SMILES string of the molecule is COc1ccccc1NC(C#N)c1cc(F)ccc1C. The number of halogens is 1. The number of hydrogen-bond donors (Lipinski definition) is 1. The highest BCUT2D eigenvalue weighted by molar-refractivity contribution is 5.58. The molecule has 0 amide bonds. The van der Waals surface area contributed by atoms with Crippen molar-refractivity contribution < 1.29 is 9.13 Å². The van der Waals surface area contributed by atoms with Crippen LogP contribution in [0.1, 0.15) is 17.2 Å². The van der Waals surface area contributed by atoms with E-state index in [9.17, 15) is 9.65 Å². The molecule has 102 valence electrons. The van der Waals surface area contributed by atoms with Gasteiger partial charge in [0, 0.05) is 0 Å². The lowest BCUT2D eigenvalue weighted by Gasteiger charge is -2.17. The first-order valence-corrected chi connectivity index (χ1v) is 6.21. The molecule has 2 rings (SSSR count). The summed E-state index contributed by atoms with van der Waals surface area (Å²) < 4.78 is 18.6. The largest absolute Gasteiger partial charge is 0.495 e. The maximum atomic E-state index is 13.4. The molecule has 0 saturated heterocycles. The molecule has 1 N–H and O–H groups in total. The normalized spacial score (nSPS) is 11.5. The molecule has 0 aliphatic carbocycles. The number of nitriles is 1. The minimum absolute atomic E-state index is 0.354. The zero-order chi connectivity index (χ0) is 14.5. The molecule has 0 saturated carbocycles. The Morgan fingerprint density at radius 2 is 2.00 bits per heavy atom. The fraction of sp³-hybridized carbons (Fsp3) is 0.188. The van der Waals surface area contributed by atoms with Gasteiger partial charge in [0.25, 0.3) is 0 Å². The van der Waals surface area contributed by atoms with Crippen LogP contribution in [0.4, 0.5) is 10.1 Å². The average Bonchev–Trinajstić information content (AvgIpc) is 2.48. The monoisotopic (exact) mass is 270 g/mol. The fourth-order valence-corrected chi connectivity index (χ4v) is 2.02. The Balaban J connectivity index is 2.34. The van der Waals surface area contributed by atoms with Gasteiger partial charge in [0.1, 0.15) is 17.6 Å². The summed E-state index contributed by atoms with van der Waals surface area (Å²) in [4.78, 5) is 0. The van der Waals surface area contributed by atoms with E-state index in [1.807, 2.05) is 25.1 Å². The minimum Gasteiger partial charge on any atom is -0.495 e. The Morgan fingerprint density at radius 1 is 1.25 bits per heavy atom. The lowest BCUT2D eigenvalue weighted by Crippen LogP contribution is -2.11. The summed E-state index contributed by atoms with van der Waals surface area (Å²) in [5.41, 5.74) is 2.18. The van der Waals surface area contributed by atoms with Crippen LogP contribution in [0.15, 0.2) is 42.5 Å². The van der Waals surface area contributed by atoms with Crippen molar-refractivity contribution in [2.45, 2.75) is 13.0 Å². The highest BCUT2D eigenvalue weighted by atomic mass is 19.1. The number of nitrogens with one attached hydrogen (secondary N) is 1. The van der Waals surface area contributed by atoms with Crippen LogP contribution in [0, 0.1) is 24.1 Å². The summed E-state index contributed by atoms with van der Waals surface area (Å²) in [7, 11) is 1.56. The number of benzene rings is 2. The highest BCUT2D eigenvalue weighted by Crippen LogP contribution is 2.29. The molecule has 1 unspecified atom stereocenters. The van der Waals surface area contributed by atoms with Gasteiger partial charge in [-0.25, -0.2) is 4.39 Å². The smallest absolute Gasteiger partial charge is 0.141 e. The maximum absolute atomic E-state index is 13.4. The van der Waals surface area contributed by atoms with E-state index in [0.717, 1.165) is 5.56 Å². The first kappa shape index (κ1) is 13.9. The lowest BCUT2D eigenvalue weighted by atomic mass is 10.0. The van der Waals surface area contributed by atoms with Crippen molar-refractivity contribution in [3.05, 3.63) is 59.4 Å². The number of para-hydroxylation sites is 2. The molecule has 0 fully saturated rings. The Bertz CT molecular complexity index is 649. The van der Waals surface area contributed by atoms with Crippen LogP contribution in [0.25, 0.3) is 0 Å². The van der Waals surface area contributed by atoms with Gasteiger partial charge >= 0.3 is 0 Å². The molecule has 0 heterocycles. The standard InChI is InChI=1S/C16H15FN2O/c1-11-7-8-12(17)9-13(11)15(10-18)19-14-5-3-4-6-16(14)20-2/h3-9,15,19H,1-2H3. The molecule has 0 aliphatic heterocycles. The van der Waals surface area contributed by atoms with Crippen molar-refractivity contribution in [1.29, 1.82) is 5.26 Å². The summed E-state index contributed by atoms with van der Waals surface area (Å²) in [6.07, 6.45) is 0. The van der Waals surface area contributed by atoms with E-state index < -0.39 is 6.04 Å². The number of hydrogen-bond acceptors (Lipinski definition) is 3. The van der Waals surface area contributed by atoms with Gasteiger partial charge in [-0.3, -0.25) is 0 Å². The van der Waals surface area contributed by atoms with Gasteiger partial charge in [0.15, 0.2) is 0 Å². The number of ether oxygens (including phenoxy) is 1. The highest BCUT2D eigenvalue weighted by Gasteiger charge is 2.15. The van der Waals surface area contributed by atoms with Gasteiger partial charge in [0.2, 0.25) is 0 Å². The number of nitrogens with zero attached hydrogens (tertiary/aromatic N) is 1. The van der Waals surface area contributed by atoms with Crippen molar-refractivity contribution in [3.63, 3.8) is 0 Å². The van der Waals surface area contributed by atoms with Crippen LogP contribution in [0.3, 0.4) is 0 Å². The third kappa shape index (κ3) is 2.89. The summed E-state index contributed by atoms with van der Waals surface area (Å²) in [6, 6.07) is 13.3. The van der Waals surface area contributed by atoms with Crippen molar-refractivity contribution in [2.75, 3.05) is 12.4 Å². The van der Waals surface area contributed by atoms with Crippen LogP contribution in [-0.2, 0) is 0 Å². The van der Waals surface area contributed by atoms with E-state index in [1.54, 1.807) is 19.2 Å². The van der Waals surface area contributed by atoms with Gasteiger partial charge in [-0.15, -0.1) is 0 Å². The van der Waals surface area contributed by atoms with E-state index in [2.05, 4.69) is 11.4 Å². The molecule has 20 heavy (non-hydrogen) atoms. The summed E-state index contributed by atoms with van der Waals surface area (Å²) in [5, 5.41) is 12.4. The van der Waals surface area contributed by atoms with Crippen molar-refractivity contribution in [3.8, 4) is 11.8 Å². The predicted octanol–water partition coefficient (Wildman–Crippen LogP) is 3.82. The Kier molecular flexibility index (Phi) is 4.21. The van der Waals surface area contributed by atoms with Gasteiger partial charge in [0.05, 0.1) is 18.9 Å².